The van der Waals surface area contributed by atoms with Gasteiger partial charge in [0.05, 0.1) is 12.9 Å². The summed E-state index contributed by atoms with van der Waals surface area (Å²) in [6, 6.07) is 5.09. The van der Waals surface area contributed by atoms with E-state index in [9.17, 15) is 13.5 Å². The lowest BCUT2D eigenvalue weighted by Crippen LogP contribution is -2.23. The molecule has 0 aromatic heterocycles. The first kappa shape index (κ1) is 14.8. The quantitative estimate of drug-likeness (QED) is 0.723. The van der Waals surface area contributed by atoms with Gasteiger partial charge in [-0.3, -0.25) is 0 Å². The molecule has 102 valence electrons. The van der Waals surface area contributed by atoms with Crippen LogP contribution in [0.1, 0.15) is 12.5 Å². The first-order valence-electron chi connectivity index (χ1n) is 5.75. The van der Waals surface area contributed by atoms with E-state index in [4.69, 9.17) is 4.74 Å². The highest BCUT2D eigenvalue weighted by Crippen LogP contribution is 2.25. The molecule has 0 saturated heterocycles. The minimum atomic E-state index is -2.92. The molecule has 2 N–H and O–H groups in total. The maximum atomic E-state index is 11.3. The van der Waals surface area contributed by atoms with Crippen LogP contribution in [0.15, 0.2) is 18.2 Å². The van der Waals surface area contributed by atoms with Gasteiger partial charge < -0.3 is 15.2 Å². The second-order valence-electron chi connectivity index (χ2n) is 3.92. The van der Waals surface area contributed by atoms with Gasteiger partial charge in [-0.05, 0) is 17.7 Å². The van der Waals surface area contributed by atoms with Gasteiger partial charge in [0.1, 0.15) is 0 Å². The third-order valence-corrected chi connectivity index (χ3v) is 4.31. The third-order valence-electron chi connectivity index (χ3n) is 2.60. The summed E-state index contributed by atoms with van der Waals surface area (Å²) in [5.41, 5.74) is 0.877. The number of aromatic hydroxyl groups is 1. The summed E-state index contributed by atoms with van der Waals surface area (Å²) in [6.45, 7) is 2.55. The molecule has 0 unspecified atom stereocenters. The van der Waals surface area contributed by atoms with Crippen molar-refractivity contribution in [3.05, 3.63) is 23.8 Å². The average molecular weight is 273 g/mol. The van der Waals surface area contributed by atoms with Crippen LogP contribution in [-0.4, -0.2) is 38.7 Å². The Hall–Kier alpha value is -1.27. The Kier molecular flexibility index (Phi) is 5.43. The number of nitrogens with one attached hydrogen (secondary N) is 1. The van der Waals surface area contributed by atoms with Gasteiger partial charge in [-0.25, -0.2) is 8.42 Å². The van der Waals surface area contributed by atoms with Crippen molar-refractivity contribution in [1.82, 2.24) is 5.32 Å². The van der Waals surface area contributed by atoms with Crippen molar-refractivity contribution in [2.75, 3.05) is 25.2 Å². The number of ether oxygens (including phenoxy) is 1. The fraction of sp³-hybridized carbons (Fsp3) is 0.500. The molecule has 18 heavy (non-hydrogen) atoms. The number of hydrogen-bond acceptors (Lipinski definition) is 5. The summed E-state index contributed by atoms with van der Waals surface area (Å²) in [4.78, 5) is 0. The zero-order valence-corrected chi connectivity index (χ0v) is 11.5. The highest BCUT2D eigenvalue weighted by molar-refractivity contribution is 7.91. The van der Waals surface area contributed by atoms with E-state index in [0.717, 1.165) is 5.56 Å². The molecule has 0 aliphatic carbocycles. The molecule has 6 heteroatoms. The largest absolute Gasteiger partial charge is 0.504 e. The molecule has 0 heterocycles. The molecule has 0 aliphatic heterocycles. The number of phenols is 1. The molecular formula is C12H19NO4S. The average Bonchev–Trinajstić information content (AvgIpc) is 2.35. The molecule has 1 rings (SSSR count). The molecule has 0 fully saturated rings. The lowest BCUT2D eigenvalue weighted by atomic mass is 10.2. The van der Waals surface area contributed by atoms with Crippen molar-refractivity contribution in [2.45, 2.75) is 13.5 Å². The Morgan fingerprint density at radius 2 is 2.11 bits per heavy atom. The van der Waals surface area contributed by atoms with E-state index in [0.29, 0.717) is 18.8 Å². The van der Waals surface area contributed by atoms with Crippen LogP contribution in [0.25, 0.3) is 0 Å². The second-order valence-corrected chi connectivity index (χ2v) is 6.39. The van der Waals surface area contributed by atoms with E-state index in [2.05, 4.69) is 5.32 Å². The molecule has 1 aromatic carbocycles. The smallest absolute Gasteiger partial charge is 0.160 e. The van der Waals surface area contributed by atoms with Crippen molar-refractivity contribution in [2.24, 2.45) is 0 Å². The highest BCUT2D eigenvalue weighted by atomic mass is 32.2. The van der Waals surface area contributed by atoms with Crippen LogP contribution < -0.4 is 10.1 Å². The van der Waals surface area contributed by atoms with Gasteiger partial charge >= 0.3 is 0 Å². The predicted octanol–water partition coefficient (Wildman–Crippen LogP) is 0.925. The number of sulfone groups is 1. The fourth-order valence-electron chi connectivity index (χ4n) is 1.45. The molecule has 1 aromatic rings. The molecule has 0 radical (unpaired) electrons. The first-order valence-corrected chi connectivity index (χ1v) is 7.57. The van der Waals surface area contributed by atoms with Gasteiger partial charge in [-0.2, -0.15) is 0 Å². The van der Waals surface area contributed by atoms with E-state index in [1.54, 1.807) is 19.1 Å². The minimum Gasteiger partial charge on any atom is -0.504 e. The van der Waals surface area contributed by atoms with Gasteiger partial charge in [0, 0.05) is 18.8 Å². The van der Waals surface area contributed by atoms with Crippen LogP contribution in [-0.2, 0) is 16.4 Å². The normalized spacial score (nSPS) is 11.4. The van der Waals surface area contributed by atoms with Crippen molar-refractivity contribution in [1.29, 1.82) is 0 Å². The van der Waals surface area contributed by atoms with Crippen LogP contribution in [0.2, 0.25) is 0 Å². The molecule has 0 saturated carbocycles. The Labute approximate surface area is 108 Å². The van der Waals surface area contributed by atoms with Crippen molar-refractivity contribution in [3.63, 3.8) is 0 Å². The summed E-state index contributed by atoms with van der Waals surface area (Å²) < 4.78 is 27.4. The van der Waals surface area contributed by atoms with Crippen LogP contribution in [0.4, 0.5) is 0 Å². The number of benzene rings is 1. The standard InChI is InChI=1S/C12H19NO4S/c1-3-18(15,16)7-6-13-9-10-4-5-12(17-2)11(14)8-10/h4-5,8,13-14H,3,6-7,9H2,1-2H3. The Balaban J connectivity index is 2.43. The number of methoxy groups -OCH3 is 1. The van der Waals surface area contributed by atoms with E-state index >= 15 is 0 Å². The number of hydrogen-bond donors (Lipinski definition) is 2. The maximum Gasteiger partial charge on any atom is 0.160 e. The summed E-state index contributed by atoms with van der Waals surface area (Å²) in [5, 5.41) is 12.6. The lowest BCUT2D eigenvalue weighted by Gasteiger charge is -2.07. The fourth-order valence-corrected chi connectivity index (χ4v) is 2.19. The van der Waals surface area contributed by atoms with Gasteiger partial charge in [0.2, 0.25) is 0 Å². The Morgan fingerprint density at radius 3 is 2.67 bits per heavy atom. The third kappa shape index (κ3) is 4.54. The van der Waals surface area contributed by atoms with Crippen LogP contribution >= 0.6 is 0 Å². The predicted molar refractivity (Wildman–Crippen MR) is 70.7 cm³/mol. The number of rotatable bonds is 7. The summed E-state index contributed by atoms with van der Waals surface area (Å²) in [5.74, 6) is 0.800. The molecule has 0 amide bonds. The molecule has 0 spiro atoms. The Bertz CT molecular complexity index is 485. The number of phenolic OH excluding ortho intramolecular Hbond substituents is 1. The van der Waals surface area contributed by atoms with E-state index < -0.39 is 9.84 Å². The summed E-state index contributed by atoms with van der Waals surface area (Å²) >= 11 is 0. The highest BCUT2D eigenvalue weighted by Gasteiger charge is 2.06. The summed E-state index contributed by atoms with van der Waals surface area (Å²) in [6.07, 6.45) is 0. The lowest BCUT2D eigenvalue weighted by molar-refractivity contribution is 0.373. The molecular weight excluding hydrogens is 254 g/mol. The van der Waals surface area contributed by atoms with Gasteiger partial charge in [-0.1, -0.05) is 13.0 Å². The maximum absolute atomic E-state index is 11.3. The minimum absolute atomic E-state index is 0.0815. The monoisotopic (exact) mass is 273 g/mol. The van der Waals surface area contributed by atoms with Crippen molar-refractivity contribution >= 4 is 9.84 Å². The zero-order valence-electron chi connectivity index (χ0n) is 10.6. The van der Waals surface area contributed by atoms with E-state index in [-0.39, 0.29) is 17.3 Å². The Morgan fingerprint density at radius 1 is 1.39 bits per heavy atom. The molecule has 0 bridgehead atoms. The van der Waals surface area contributed by atoms with Crippen molar-refractivity contribution < 1.29 is 18.3 Å². The molecule has 0 aliphatic rings. The summed E-state index contributed by atoms with van der Waals surface area (Å²) in [7, 11) is -1.44. The van der Waals surface area contributed by atoms with E-state index in [1.807, 2.05) is 6.07 Å². The topological polar surface area (TPSA) is 75.6 Å². The van der Waals surface area contributed by atoms with Gasteiger partial charge in [0.15, 0.2) is 21.3 Å². The first-order chi connectivity index (χ1) is 8.48. The van der Waals surface area contributed by atoms with Gasteiger partial charge in [-0.15, -0.1) is 0 Å². The van der Waals surface area contributed by atoms with Gasteiger partial charge in [0.25, 0.3) is 0 Å². The zero-order chi connectivity index (χ0) is 13.6. The van der Waals surface area contributed by atoms with Crippen molar-refractivity contribution in [3.8, 4) is 11.5 Å². The van der Waals surface area contributed by atoms with Crippen LogP contribution in [0, 0.1) is 0 Å². The van der Waals surface area contributed by atoms with Crippen LogP contribution in [0.5, 0.6) is 11.5 Å². The SMILES string of the molecule is CCS(=O)(=O)CCNCc1ccc(OC)c(O)c1. The van der Waals surface area contributed by atoms with E-state index in [1.165, 1.54) is 7.11 Å². The molecule has 5 nitrogen and oxygen atoms in total. The molecule has 0 atom stereocenters. The van der Waals surface area contributed by atoms with Crippen LogP contribution in [0.3, 0.4) is 0 Å². The second kappa shape index (κ2) is 6.61.